The maximum atomic E-state index is 10.9. The van der Waals surface area contributed by atoms with Crippen molar-refractivity contribution in [2.24, 2.45) is 5.73 Å². The summed E-state index contributed by atoms with van der Waals surface area (Å²) in [7, 11) is 1.39. The summed E-state index contributed by atoms with van der Waals surface area (Å²) in [6.45, 7) is 1.17. The summed E-state index contributed by atoms with van der Waals surface area (Å²) < 4.78 is 10.0. The Labute approximate surface area is 102 Å². The fourth-order valence-electron chi connectivity index (χ4n) is 1.43. The second-order valence-electron chi connectivity index (χ2n) is 3.71. The molecule has 0 saturated carbocycles. The van der Waals surface area contributed by atoms with E-state index in [1.165, 1.54) is 12.7 Å². The largest absolute Gasteiger partial charge is 0.494 e. The predicted octanol–water partition coefficient (Wildman–Crippen LogP) is 1.52. The Balaban J connectivity index is 2.25. The van der Waals surface area contributed by atoms with Crippen molar-refractivity contribution in [1.82, 2.24) is 0 Å². The van der Waals surface area contributed by atoms with Gasteiger partial charge in [-0.25, -0.2) is 0 Å². The minimum absolute atomic E-state index is 0.202. The van der Waals surface area contributed by atoms with Crippen LogP contribution in [0.15, 0.2) is 24.3 Å². The van der Waals surface area contributed by atoms with Crippen molar-refractivity contribution >= 4 is 5.97 Å². The lowest BCUT2D eigenvalue weighted by Crippen LogP contribution is -2.05. The highest BCUT2D eigenvalue weighted by Crippen LogP contribution is 2.12. The maximum absolute atomic E-state index is 10.9. The van der Waals surface area contributed by atoms with E-state index in [0.29, 0.717) is 26.0 Å². The second kappa shape index (κ2) is 7.68. The monoisotopic (exact) mass is 237 g/mol. The van der Waals surface area contributed by atoms with Crippen molar-refractivity contribution in [2.75, 3.05) is 20.3 Å². The van der Waals surface area contributed by atoms with E-state index in [1.54, 1.807) is 0 Å². The van der Waals surface area contributed by atoms with Crippen molar-refractivity contribution in [1.29, 1.82) is 0 Å². The fourth-order valence-corrected chi connectivity index (χ4v) is 1.43. The average Bonchev–Trinajstić information content (AvgIpc) is 2.36. The molecule has 4 nitrogen and oxygen atoms in total. The van der Waals surface area contributed by atoms with Gasteiger partial charge in [0, 0.05) is 6.42 Å². The first-order chi connectivity index (χ1) is 8.26. The minimum Gasteiger partial charge on any atom is -0.494 e. The standard InChI is InChI=1S/C13H19NO3/c1-16-13(15)3-2-10-17-12-6-4-11(5-7-12)8-9-14/h4-7H,2-3,8-10,14H2,1H3. The van der Waals surface area contributed by atoms with E-state index in [9.17, 15) is 4.79 Å². The number of rotatable bonds is 7. The number of hydrogen-bond donors (Lipinski definition) is 1. The maximum Gasteiger partial charge on any atom is 0.305 e. The predicted molar refractivity (Wildman–Crippen MR) is 65.9 cm³/mol. The number of methoxy groups -OCH3 is 1. The van der Waals surface area contributed by atoms with Crippen molar-refractivity contribution < 1.29 is 14.3 Å². The molecule has 0 spiro atoms. The van der Waals surface area contributed by atoms with Crippen molar-refractivity contribution in [3.8, 4) is 5.75 Å². The molecule has 0 aromatic heterocycles. The SMILES string of the molecule is COC(=O)CCCOc1ccc(CCN)cc1. The molecule has 1 aromatic carbocycles. The van der Waals surface area contributed by atoms with Gasteiger partial charge < -0.3 is 15.2 Å². The first kappa shape index (κ1) is 13.5. The molecule has 17 heavy (non-hydrogen) atoms. The third-order valence-electron chi connectivity index (χ3n) is 2.38. The lowest BCUT2D eigenvalue weighted by molar-refractivity contribution is -0.140. The third kappa shape index (κ3) is 5.36. The van der Waals surface area contributed by atoms with Crippen LogP contribution in [-0.4, -0.2) is 26.2 Å². The smallest absolute Gasteiger partial charge is 0.305 e. The summed E-state index contributed by atoms with van der Waals surface area (Å²) >= 11 is 0. The van der Waals surface area contributed by atoms with Gasteiger partial charge in [-0.3, -0.25) is 4.79 Å². The number of esters is 1. The molecule has 0 heterocycles. The molecule has 0 atom stereocenters. The lowest BCUT2D eigenvalue weighted by atomic mass is 10.1. The van der Waals surface area contributed by atoms with E-state index >= 15 is 0 Å². The molecule has 4 heteroatoms. The van der Waals surface area contributed by atoms with Crippen LogP contribution in [0.25, 0.3) is 0 Å². The summed E-state index contributed by atoms with van der Waals surface area (Å²) in [6.07, 6.45) is 1.93. The summed E-state index contributed by atoms with van der Waals surface area (Å²) in [5.74, 6) is 0.613. The van der Waals surface area contributed by atoms with Crippen LogP contribution >= 0.6 is 0 Å². The zero-order valence-corrected chi connectivity index (χ0v) is 10.1. The van der Waals surface area contributed by atoms with Crippen LogP contribution in [0.3, 0.4) is 0 Å². The summed E-state index contributed by atoms with van der Waals surface area (Å²) in [6, 6.07) is 7.84. The summed E-state index contributed by atoms with van der Waals surface area (Å²) in [5, 5.41) is 0. The highest BCUT2D eigenvalue weighted by atomic mass is 16.5. The third-order valence-corrected chi connectivity index (χ3v) is 2.38. The normalized spacial score (nSPS) is 10.0. The zero-order chi connectivity index (χ0) is 12.5. The first-order valence-corrected chi connectivity index (χ1v) is 5.75. The number of hydrogen-bond acceptors (Lipinski definition) is 4. The quantitative estimate of drug-likeness (QED) is 0.577. The Morgan fingerprint density at radius 2 is 2.00 bits per heavy atom. The number of ether oxygens (including phenoxy) is 2. The van der Waals surface area contributed by atoms with Gasteiger partial charge in [-0.15, -0.1) is 0 Å². The minimum atomic E-state index is -0.202. The average molecular weight is 237 g/mol. The van der Waals surface area contributed by atoms with Gasteiger partial charge in [-0.1, -0.05) is 12.1 Å². The molecular weight excluding hydrogens is 218 g/mol. The van der Waals surface area contributed by atoms with E-state index in [2.05, 4.69) is 4.74 Å². The van der Waals surface area contributed by atoms with Crippen LogP contribution in [-0.2, 0) is 16.0 Å². The molecule has 0 saturated heterocycles. The van der Waals surface area contributed by atoms with Crippen molar-refractivity contribution in [3.63, 3.8) is 0 Å². The number of nitrogens with two attached hydrogens (primary N) is 1. The van der Waals surface area contributed by atoms with E-state index in [4.69, 9.17) is 10.5 Å². The van der Waals surface area contributed by atoms with E-state index in [-0.39, 0.29) is 5.97 Å². The lowest BCUT2D eigenvalue weighted by Gasteiger charge is -2.06. The Kier molecular flexibility index (Phi) is 6.10. The number of carbonyl (C=O) groups is 1. The Morgan fingerprint density at radius 1 is 1.29 bits per heavy atom. The molecule has 0 amide bonds. The molecule has 1 aromatic rings. The van der Waals surface area contributed by atoms with Crippen molar-refractivity contribution in [2.45, 2.75) is 19.3 Å². The molecule has 0 radical (unpaired) electrons. The van der Waals surface area contributed by atoms with E-state index < -0.39 is 0 Å². The van der Waals surface area contributed by atoms with Gasteiger partial charge in [-0.2, -0.15) is 0 Å². The molecule has 2 N–H and O–H groups in total. The van der Waals surface area contributed by atoms with Crippen LogP contribution in [0.5, 0.6) is 5.75 Å². The summed E-state index contributed by atoms with van der Waals surface area (Å²) in [5.41, 5.74) is 6.67. The van der Waals surface area contributed by atoms with Crippen LogP contribution < -0.4 is 10.5 Å². The van der Waals surface area contributed by atoms with Crippen LogP contribution in [0.1, 0.15) is 18.4 Å². The second-order valence-corrected chi connectivity index (χ2v) is 3.71. The van der Waals surface area contributed by atoms with Crippen LogP contribution in [0.4, 0.5) is 0 Å². The van der Waals surface area contributed by atoms with Crippen molar-refractivity contribution in [3.05, 3.63) is 29.8 Å². The van der Waals surface area contributed by atoms with Gasteiger partial charge >= 0.3 is 5.97 Å². The molecule has 0 aliphatic heterocycles. The fraction of sp³-hybridized carbons (Fsp3) is 0.462. The highest BCUT2D eigenvalue weighted by molar-refractivity contribution is 5.69. The van der Waals surface area contributed by atoms with Gasteiger partial charge in [0.2, 0.25) is 0 Å². The van der Waals surface area contributed by atoms with Gasteiger partial charge in [0.1, 0.15) is 5.75 Å². The van der Waals surface area contributed by atoms with Gasteiger partial charge in [0.15, 0.2) is 0 Å². The molecule has 0 aliphatic carbocycles. The molecular formula is C13H19NO3. The molecule has 0 fully saturated rings. The Morgan fingerprint density at radius 3 is 2.59 bits per heavy atom. The van der Waals surface area contributed by atoms with Gasteiger partial charge in [0.05, 0.1) is 13.7 Å². The molecule has 0 aliphatic rings. The highest BCUT2D eigenvalue weighted by Gasteiger charge is 2.00. The molecule has 1 rings (SSSR count). The topological polar surface area (TPSA) is 61.5 Å². The Hall–Kier alpha value is -1.55. The Bertz CT molecular complexity index is 335. The van der Waals surface area contributed by atoms with Crippen LogP contribution in [0, 0.1) is 0 Å². The molecule has 0 bridgehead atoms. The molecule has 0 unspecified atom stereocenters. The van der Waals surface area contributed by atoms with Gasteiger partial charge in [-0.05, 0) is 37.1 Å². The first-order valence-electron chi connectivity index (χ1n) is 5.75. The number of carbonyl (C=O) groups excluding carboxylic acids is 1. The van der Waals surface area contributed by atoms with Crippen LogP contribution in [0.2, 0.25) is 0 Å². The van der Waals surface area contributed by atoms with Gasteiger partial charge in [0.25, 0.3) is 0 Å². The summed E-state index contributed by atoms with van der Waals surface area (Å²) in [4.78, 5) is 10.9. The number of benzene rings is 1. The van der Waals surface area contributed by atoms with E-state index in [1.807, 2.05) is 24.3 Å². The molecule has 94 valence electrons. The van der Waals surface area contributed by atoms with E-state index in [0.717, 1.165) is 12.2 Å². The zero-order valence-electron chi connectivity index (χ0n) is 10.1.